The Morgan fingerprint density at radius 3 is 2.94 bits per heavy atom. The molecular formula is C10H13BrN2O3S. The zero-order chi connectivity index (χ0) is 12.5. The molecule has 1 saturated heterocycles. The number of halogens is 1. The lowest BCUT2D eigenvalue weighted by Crippen LogP contribution is -2.37. The van der Waals surface area contributed by atoms with Crippen LogP contribution in [0.5, 0.6) is 0 Å². The largest absolute Gasteiger partial charge is 0.395 e. The number of pyridine rings is 1. The van der Waals surface area contributed by atoms with Crippen LogP contribution in [0.3, 0.4) is 0 Å². The normalized spacial score (nSPS) is 21.9. The minimum atomic E-state index is -3.54. The molecule has 1 aromatic rings. The van der Waals surface area contributed by atoms with Crippen molar-refractivity contribution in [2.45, 2.75) is 23.8 Å². The van der Waals surface area contributed by atoms with E-state index in [2.05, 4.69) is 20.9 Å². The van der Waals surface area contributed by atoms with Crippen molar-refractivity contribution in [2.24, 2.45) is 0 Å². The van der Waals surface area contributed by atoms with Gasteiger partial charge in [-0.2, -0.15) is 4.31 Å². The molecule has 0 aromatic carbocycles. The minimum Gasteiger partial charge on any atom is -0.395 e. The lowest BCUT2D eigenvalue weighted by Gasteiger charge is -2.22. The Balaban J connectivity index is 2.36. The molecule has 1 aliphatic rings. The van der Waals surface area contributed by atoms with Crippen molar-refractivity contribution in [3.63, 3.8) is 0 Å². The molecule has 0 spiro atoms. The van der Waals surface area contributed by atoms with Crippen molar-refractivity contribution < 1.29 is 13.5 Å². The molecule has 17 heavy (non-hydrogen) atoms. The smallest absolute Gasteiger partial charge is 0.244 e. The van der Waals surface area contributed by atoms with Crippen LogP contribution in [0.4, 0.5) is 0 Å². The Kier molecular flexibility index (Phi) is 3.82. The average molecular weight is 321 g/mol. The topological polar surface area (TPSA) is 70.5 Å². The highest BCUT2D eigenvalue weighted by Gasteiger charge is 2.34. The summed E-state index contributed by atoms with van der Waals surface area (Å²) in [7, 11) is -3.54. The fourth-order valence-electron chi connectivity index (χ4n) is 1.98. The Morgan fingerprint density at radius 1 is 1.53 bits per heavy atom. The molecule has 1 atom stereocenters. The van der Waals surface area contributed by atoms with Crippen LogP contribution in [0.1, 0.15) is 12.8 Å². The van der Waals surface area contributed by atoms with Crippen LogP contribution in [-0.4, -0.2) is 42.0 Å². The van der Waals surface area contributed by atoms with Crippen molar-refractivity contribution in [3.05, 3.63) is 22.9 Å². The van der Waals surface area contributed by atoms with Gasteiger partial charge in [0.1, 0.15) is 4.90 Å². The number of nitrogens with zero attached hydrogens (tertiary/aromatic N) is 2. The number of aliphatic hydroxyl groups excluding tert-OH is 1. The number of hydrogen-bond donors (Lipinski definition) is 1. The zero-order valence-electron chi connectivity index (χ0n) is 9.08. The van der Waals surface area contributed by atoms with E-state index in [0.717, 1.165) is 6.42 Å². The molecule has 0 unspecified atom stereocenters. The SMILES string of the molecule is O=S(=O)(c1cncc(Br)c1)N1CCC[C@@H]1CO. The van der Waals surface area contributed by atoms with Gasteiger partial charge in [-0.05, 0) is 34.8 Å². The van der Waals surface area contributed by atoms with E-state index in [0.29, 0.717) is 17.4 Å². The summed E-state index contributed by atoms with van der Waals surface area (Å²) in [5.74, 6) is 0. The molecule has 1 aliphatic heterocycles. The number of aromatic nitrogens is 1. The molecule has 1 fully saturated rings. The molecule has 0 aliphatic carbocycles. The van der Waals surface area contributed by atoms with Crippen molar-refractivity contribution >= 4 is 26.0 Å². The van der Waals surface area contributed by atoms with Crippen molar-refractivity contribution in [3.8, 4) is 0 Å². The third-order valence-electron chi connectivity index (χ3n) is 2.82. The maximum absolute atomic E-state index is 12.3. The van der Waals surface area contributed by atoms with Crippen LogP contribution >= 0.6 is 15.9 Å². The minimum absolute atomic E-state index is 0.138. The van der Waals surface area contributed by atoms with Gasteiger partial charge in [-0.3, -0.25) is 4.98 Å². The van der Waals surface area contributed by atoms with Crippen LogP contribution in [-0.2, 0) is 10.0 Å². The van der Waals surface area contributed by atoms with Gasteiger partial charge >= 0.3 is 0 Å². The van der Waals surface area contributed by atoms with Crippen molar-refractivity contribution in [2.75, 3.05) is 13.2 Å². The van der Waals surface area contributed by atoms with Crippen molar-refractivity contribution in [1.82, 2.24) is 9.29 Å². The van der Waals surface area contributed by atoms with Gasteiger partial charge in [0.2, 0.25) is 10.0 Å². The van der Waals surface area contributed by atoms with Crippen LogP contribution < -0.4 is 0 Å². The Morgan fingerprint density at radius 2 is 2.29 bits per heavy atom. The molecule has 0 bridgehead atoms. The van der Waals surface area contributed by atoms with E-state index in [-0.39, 0.29) is 17.5 Å². The van der Waals surface area contributed by atoms with E-state index in [1.165, 1.54) is 22.8 Å². The molecule has 2 rings (SSSR count). The first kappa shape index (κ1) is 12.9. The number of sulfonamides is 1. The highest BCUT2D eigenvalue weighted by molar-refractivity contribution is 9.10. The van der Waals surface area contributed by atoms with Gasteiger partial charge in [0.05, 0.1) is 6.61 Å². The van der Waals surface area contributed by atoms with E-state index in [4.69, 9.17) is 0 Å². The number of aliphatic hydroxyl groups is 1. The predicted molar refractivity (Wildman–Crippen MR) is 65.9 cm³/mol. The molecule has 5 nitrogen and oxygen atoms in total. The third kappa shape index (κ3) is 2.52. The summed E-state index contributed by atoms with van der Waals surface area (Å²) in [5.41, 5.74) is 0. The monoisotopic (exact) mass is 320 g/mol. The van der Waals surface area contributed by atoms with Crippen LogP contribution in [0.15, 0.2) is 27.8 Å². The van der Waals surface area contributed by atoms with Crippen LogP contribution in [0.25, 0.3) is 0 Å². The predicted octanol–water partition coefficient (Wildman–Crippen LogP) is 0.990. The molecule has 7 heteroatoms. The maximum atomic E-state index is 12.3. The number of hydrogen-bond acceptors (Lipinski definition) is 4. The molecule has 0 amide bonds. The molecule has 1 aromatic heterocycles. The summed E-state index contributed by atoms with van der Waals surface area (Å²) in [6, 6.07) is 1.22. The van der Waals surface area contributed by atoms with Gasteiger partial charge in [-0.15, -0.1) is 0 Å². The average Bonchev–Trinajstić information content (AvgIpc) is 2.77. The summed E-state index contributed by atoms with van der Waals surface area (Å²) >= 11 is 3.20. The van der Waals surface area contributed by atoms with Crippen LogP contribution in [0, 0.1) is 0 Å². The highest BCUT2D eigenvalue weighted by Crippen LogP contribution is 2.26. The van der Waals surface area contributed by atoms with E-state index >= 15 is 0 Å². The van der Waals surface area contributed by atoms with Crippen molar-refractivity contribution in [1.29, 1.82) is 0 Å². The van der Waals surface area contributed by atoms with Gasteiger partial charge in [0.15, 0.2) is 0 Å². The van der Waals surface area contributed by atoms with E-state index < -0.39 is 10.0 Å². The Hall–Kier alpha value is -0.500. The Labute approximate surface area is 109 Å². The lowest BCUT2D eigenvalue weighted by molar-refractivity contribution is 0.213. The van der Waals surface area contributed by atoms with E-state index in [1.807, 2.05) is 0 Å². The molecule has 0 radical (unpaired) electrons. The molecular weight excluding hydrogens is 308 g/mol. The second-order valence-electron chi connectivity index (χ2n) is 3.93. The molecule has 1 N–H and O–H groups in total. The zero-order valence-corrected chi connectivity index (χ0v) is 11.5. The molecule has 94 valence electrons. The first-order valence-electron chi connectivity index (χ1n) is 5.29. The second kappa shape index (κ2) is 5.01. The van der Waals surface area contributed by atoms with E-state index in [9.17, 15) is 13.5 Å². The summed E-state index contributed by atoms with van der Waals surface area (Å²) < 4.78 is 26.6. The fourth-order valence-corrected chi connectivity index (χ4v) is 4.17. The van der Waals surface area contributed by atoms with Gasteiger partial charge in [-0.25, -0.2) is 8.42 Å². The molecule has 2 heterocycles. The number of rotatable bonds is 3. The lowest BCUT2D eigenvalue weighted by atomic mass is 10.2. The Bertz CT molecular complexity index is 506. The van der Waals surface area contributed by atoms with E-state index in [1.54, 1.807) is 0 Å². The van der Waals surface area contributed by atoms with Gasteiger partial charge in [0, 0.05) is 29.5 Å². The summed E-state index contributed by atoms with van der Waals surface area (Å²) in [6.07, 6.45) is 4.35. The quantitative estimate of drug-likeness (QED) is 0.901. The van der Waals surface area contributed by atoms with Gasteiger partial charge in [0.25, 0.3) is 0 Å². The highest BCUT2D eigenvalue weighted by atomic mass is 79.9. The van der Waals surface area contributed by atoms with Gasteiger partial charge < -0.3 is 5.11 Å². The summed E-state index contributed by atoms with van der Waals surface area (Å²) in [5, 5.41) is 9.17. The third-order valence-corrected chi connectivity index (χ3v) is 5.17. The standard InChI is InChI=1S/C10H13BrN2O3S/c11-8-4-10(6-12-5-8)17(15,16)13-3-1-2-9(13)7-14/h4-6,9,14H,1-3,7H2/t9-/m1/s1. The fraction of sp³-hybridized carbons (Fsp3) is 0.500. The first-order chi connectivity index (χ1) is 8.05. The van der Waals surface area contributed by atoms with Gasteiger partial charge in [-0.1, -0.05) is 0 Å². The summed E-state index contributed by atoms with van der Waals surface area (Å²) in [6.45, 7) is 0.320. The van der Waals surface area contributed by atoms with Crippen LogP contribution in [0.2, 0.25) is 0 Å². The first-order valence-corrected chi connectivity index (χ1v) is 7.52. The maximum Gasteiger partial charge on any atom is 0.244 e. The second-order valence-corrected chi connectivity index (χ2v) is 6.74. The summed E-state index contributed by atoms with van der Waals surface area (Å²) in [4.78, 5) is 4.02. The molecule has 0 saturated carbocycles.